The van der Waals surface area contributed by atoms with E-state index in [1.165, 1.54) is 6.07 Å². The normalized spacial score (nSPS) is 6.07. The molecule has 14 heavy (non-hydrogen) atoms. The van der Waals surface area contributed by atoms with Crippen LogP contribution in [0.5, 0.6) is 0 Å². The first-order valence-corrected chi connectivity index (χ1v) is 2.37. The second-order valence-electron chi connectivity index (χ2n) is 1.64. The van der Waals surface area contributed by atoms with E-state index in [1.807, 2.05) is 0 Å². The molecule has 0 saturated heterocycles. The van der Waals surface area contributed by atoms with Crippen molar-refractivity contribution in [3.05, 3.63) is 17.5 Å². The van der Waals surface area contributed by atoms with E-state index in [0.717, 1.165) is 0 Å². The molecule has 0 radical (unpaired) electrons. The molecule has 0 aromatic carbocycles. The van der Waals surface area contributed by atoms with Crippen molar-refractivity contribution in [3.8, 4) is 0 Å². The Balaban J connectivity index is -0.0000000540. The quantitative estimate of drug-likeness (QED) is 0.411. The summed E-state index contributed by atoms with van der Waals surface area (Å²) in [6.07, 6.45) is 0. The van der Waals surface area contributed by atoms with Gasteiger partial charge in [-0.3, -0.25) is 0 Å². The van der Waals surface area contributed by atoms with Crippen LogP contribution in [0.25, 0.3) is 0 Å². The van der Waals surface area contributed by atoms with Gasteiger partial charge in [0.05, 0.1) is 5.69 Å². The van der Waals surface area contributed by atoms with Crippen LogP contribution in [0.4, 0.5) is 0 Å². The van der Waals surface area contributed by atoms with Gasteiger partial charge >= 0.3 is 27.0 Å². The number of aromatic nitrogens is 1. The van der Waals surface area contributed by atoms with Crippen molar-refractivity contribution in [2.45, 2.75) is 6.92 Å². The molecule has 0 saturated carbocycles. The number of aryl methyl sites for hydroxylation is 1. The number of aromatic carboxylic acids is 1. The number of hydrogen-bond acceptors (Lipinski definition) is 5. The molecule has 0 unspecified atom stereocenters. The fourth-order valence-electron chi connectivity index (χ4n) is 0.464. The van der Waals surface area contributed by atoms with E-state index in [4.69, 9.17) is 5.11 Å². The van der Waals surface area contributed by atoms with Crippen LogP contribution in [0, 0.1) is 6.92 Å². The Morgan fingerprint density at radius 1 is 1.43 bits per heavy atom. The summed E-state index contributed by atoms with van der Waals surface area (Å²) in [5.41, 5.74) is 0.576. The molecule has 0 aliphatic heterocycles. The van der Waals surface area contributed by atoms with E-state index in [0.29, 0.717) is 5.69 Å². The molecule has 0 aliphatic rings. The van der Waals surface area contributed by atoms with Crippen molar-refractivity contribution < 1.29 is 60.3 Å². The van der Waals surface area contributed by atoms with Gasteiger partial charge in [-0.15, -0.1) is 0 Å². The van der Waals surface area contributed by atoms with Crippen molar-refractivity contribution >= 4 is 5.97 Å². The van der Waals surface area contributed by atoms with E-state index in [-0.39, 0.29) is 63.9 Å². The number of nitrogens with zero attached hydrogens (tertiary/aromatic N) is 1. The Morgan fingerprint density at radius 3 is 2.00 bits per heavy atom. The summed E-state index contributed by atoms with van der Waals surface area (Å²) < 4.78 is 4.38. The number of carbonyl (C=O) groups is 1. The minimum atomic E-state index is -1.09. The third kappa shape index (κ3) is 8.47. The Hall–Kier alpha value is -0.132. The van der Waals surface area contributed by atoms with Crippen LogP contribution in [0.3, 0.4) is 0 Å². The molecule has 0 spiro atoms. The fraction of sp³-hybridized carbons (Fsp3) is 0.200. The average Bonchev–Trinajstić information content (AvgIpc) is 2.14. The minimum absolute atomic E-state index is 0. The van der Waals surface area contributed by atoms with Gasteiger partial charge in [-0.2, -0.15) is 0 Å². The van der Waals surface area contributed by atoms with Gasteiger partial charge in [0.25, 0.3) is 0 Å². The zero-order chi connectivity index (χ0) is 6.85. The zero-order valence-corrected chi connectivity index (χ0v) is 11.1. The molecule has 1 aromatic heterocycles. The number of hydrogen-bond donors (Lipinski definition) is 3. The van der Waals surface area contributed by atoms with Crippen molar-refractivity contribution in [3.63, 3.8) is 0 Å². The predicted molar refractivity (Wildman–Crippen MR) is 38.2 cm³/mol. The predicted octanol–water partition coefficient (Wildman–Crippen LogP) is -4.99. The smallest absolute Gasteiger partial charge is 1.00 e. The van der Waals surface area contributed by atoms with E-state index < -0.39 is 5.97 Å². The largest absolute Gasteiger partial charge is 2.00 e. The molecule has 0 bridgehead atoms. The molecule has 6 nitrogen and oxygen atoms in total. The van der Waals surface area contributed by atoms with Crippen molar-refractivity contribution in [1.82, 2.24) is 17.5 Å². The van der Waals surface area contributed by atoms with Gasteiger partial charge in [-0.1, -0.05) is 5.16 Å². The first kappa shape index (κ1) is 29.2. The number of carboxylic acid groups (broad SMARTS) is 1. The van der Waals surface area contributed by atoms with Crippen LogP contribution in [0.2, 0.25) is 0 Å². The molecule has 7 N–H and O–H groups in total. The van der Waals surface area contributed by atoms with Crippen LogP contribution in [-0.2, 0) is 21.1 Å². The van der Waals surface area contributed by atoms with Crippen LogP contribution in [0.1, 0.15) is 16.2 Å². The number of halogens is 2. The average molecular weight is 427 g/mol. The number of carboxylic acids is 1. The van der Waals surface area contributed by atoms with Gasteiger partial charge in [0.2, 0.25) is 5.76 Å². The molecule has 1 rings (SSSR count). The molecular weight excluding hydrogens is 416 g/mol. The fourth-order valence-corrected chi connectivity index (χ4v) is 0.464. The SMILES string of the molecule is Cc1cc(C(=O)O)on1.N.N.[Cl-].[Cl-].[Pt+2]. The van der Waals surface area contributed by atoms with E-state index in [9.17, 15) is 4.79 Å². The van der Waals surface area contributed by atoms with Crippen LogP contribution in [0.15, 0.2) is 10.6 Å². The van der Waals surface area contributed by atoms with Crippen LogP contribution in [-0.4, -0.2) is 16.2 Å². The van der Waals surface area contributed by atoms with Gasteiger partial charge in [-0.05, 0) is 6.92 Å². The monoisotopic (exact) mass is 426 g/mol. The minimum Gasteiger partial charge on any atom is -1.00 e. The Labute approximate surface area is 108 Å². The third-order valence-corrected chi connectivity index (χ3v) is 0.839. The van der Waals surface area contributed by atoms with E-state index in [2.05, 4.69) is 9.68 Å². The molecule has 0 aliphatic carbocycles. The molecule has 88 valence electrons. The second kappa shape index (κ2) is 12.9. The topological polar surface area (TPSA) is 133 Å². The summed E-state index contributed by atoms with van der Waals surface area (Å²) in [5.74, 6) is -1.21. The molecule has 1 heterocycles. The molecular formula is C5H11Cl2N3O3Pt. The van der Waals surface area contributed by atoms with Crippen LogP contribution >= 0.6 is 0 Å². The van der Waals surface area contributed by atoms with E-state index >= 15 is 0 Å². The zero-order valence-electron chi connectivity index (χ0n) is 7.27. The summed E-state index contributed by atoms with van der Waals surface area (Å²) in [6.45, 7) is 1.66. The Bertz CT molecular complexity index is 246. The summed E-state index contributed by atoms with van der Waals surface area (Å²) in [7, 11) is 0. The van der Waals surface area contributed by atoms with Gasteiger partial charge in [0.1, 0.15) is 0 Å². The van der Waals surface area contributed by atoms with Crippen molar-refractivity contribution in [2.24, 2.45) is 0 Å². The maximum absolute atomic E-state index is 10.1. The molecule has 0 amide bonds. The summed E-state index contributed by atoms with van der Waals surface area (Å²) in [4.78, 5) is 10.1. The first-order chi connectivity index (χ1) is 4.20. The van der Waals surface area contributed by atoms with Crippen LogP contribution < -0.4 is 37.1 Å². The van der Waals surface area contributed by atoms with Crippen molar-refractivity contribution in [2.75, 3.05) is 0 Å². The standard InChI is InChI=1S/C5H5NO3.2ClH.2H3N.Pt/c1-3-2-4(5(7)8)9-6-3;;;;;/h2H,1H3,(H,7,8);2*1H;2*1H3;/q;;;;;+2/p-2. The van der Waals surface area contributed by atoms with Crippen molar-refractivity contribution in [1.29, 1.82) is 0 Å². The van der Waals surface area contributed by atoms with Gasteiger partial charge in [0, 0.05) is 6.07 Å². The summed E-state index contributed by atoms with van der Waals surface area (Å²) >= 11 is 0. The van der Waals surface area contributed by atoms with Gasteiger partial charge in [-0.25, -0.2) is 4.79 Å². The molecule has 9 heteroatoms. The maximum atomic E-state index is 10.1. The second-order valence-corrected chi connectivity index (χ2v) is 1.64. The van der Waals surface area contributed by atoms with Gasteiger partial charge < -0.3 is 46.7 Å². The Kier molecular flexibility index (Phi) is 26.8. The Morgan fingerprint density at radius 2 is 1.86 bits per heavy atom. The van der Waals surface area contributed by atoms with E-state index in [1.54, 1.807) is 6.92 Å². The van der Waals surface area contributed by atoms with Gasteiger partial charge in [0.15, 0.2) is 0 Å². The summed E-state index contributed by atoms with van der Waals surface area (Å²) in [6, 6.07) is 1.36. The molecule has 0 fully saturated rings. The maximum Gasteiger partial charge on any atom is 2.00 e. The molecule has 1 aromatic rings. The number of rotatable bonds is 1. The molecule has 0 atom stereocenters. The third-order valence-electron chi connectivity index (χ3n) is 0.839. The summed E-state index contributed by atoms with van der Waals surface area (Å²) in [5, 5.41) is 11.6. The first-order valence-electron chi connectivity index (χ1n) is 2.37.